The van der Waals surface area contributed by atoms with Gasteiger partial charge in [0.05, 0.1) is 0 Å². The SMILES string of the molecule is CC.CC/C(C)=C/CNC. The molecule has 0 heterocycles. The third-order valence-electron chi connectivity index (χ3n) is 1.21. The van der Waals surface area contributed by atoms with Crippen molar-refractivity contribution < 1.29 is 0 Å². The molecule has 0 rings (SSSR count). The van der Waals surface area contributed by atoms with Gasteiger partial charge in [-0.2, -0.15) is 0 Å². The molecule has 62 valence electrons. The lowest BCUT2D eigenvalue weighted by molar-refractivity contribution is 0.904. The molecule has 0 aliphatic carbocycles. The molecule has 1 N–H and O–H groups in total. The lowest BCUT2D eigenvalue weighted by Gasteiger charge is -1.92. The third-order valence-corrected chi connectivity index (χ3v) is 1.21. The Morgan fingerprint density at radius 3 is 2.20 bits per heavy atom. The summed E-state index contributed by atoms with van der Waals surface area (Å²) in [5.74, 6) is 0. The van der Waals surface area contributed by atoms with E-state index in [0.717, 1.165) is 6.54 Å². The van der Waals surface area contributed by atoms with Crippen molar-refractivity contribution in [3.05, 3.63) is 11.6 Å². The van der Waals surface area contributed by atoms with Crippen molar-refractivity contribution in [3.63, 3.8) is 0 Å². The van der Waals surface area contributed by atoms with E-state index in [0.29, 0.717) is 0 Å². The predicted molar refractivity (Wildman–Crippen MR) is 49.3 cm³/mol. The second-order valence-corrected chi connectivity index (χ2v) is 1.96. The summed E-state index contributed by atoms with van der Waals surface area (Å²) in [6.07, 6.45) is 3.38. The first-order chi connectivity index (χ1) is 4.81. The van der Waals surface area contributed by atoms with Crippen molar-refractivity contribution in [3.8, 4) is 0 Å². The topological polar surface area (TPSA) is 12.0 Å². The van der Waals surface area contributed by atoms with Crippen LogP contribution in [0.25, 0.3) is 0 Å². The van der Waals surface area contributed by atoms with Crippen LogP contribution >= 0.6 is 0 Å². The van der Waals surface area contributed by atoms with Crippen LogP contribution in [0.2, 0.25) is 0 Å². The summed E-state index contributed by atoms with van der Waals surface area (Å²) in [6, 6.07) is 0. The Morgan fingerprint density at radius 1 is 1.40 bits per heavy atom. The fraction of sp³-hybridized carbons (Fsp3) is 0.778. The van der Waals surface area contributed by atoms with Gasteiger partial charge >= 0.3 is 0 Å². The van der Waals surface area contributed by atoms with Gasteiger partial charge < -0.3 is 5.32 Å². The minimum absolute atomic E-state index is 1.000. The molecule has 0 bridgehead atoms. The van der Waals surface area contributed by atoms with E-state index >= 15 is 0 Å². The predicted octanol–water partition coefficient (Wildman–Crippen LogP) is 2.59. The number of hydrogen-bond acceptors (Lipinski definition) is 1. The van der Waals surface area contributed by atoms with Gasteiger partial charge in [-0.25, -0.2) is 0 Å². The van der Waals surface area contributed by atoms with Crippen molar-refractivity contribution in [2.75, 3.05) is 13.6 Å². The monoisotopic (exact) mass is 143 g/mol. The van der Waals surface area contributed by atoms with Crippen molar-refractivity contribution in [2.45, 2.75) is 34.1 Å². The normalized spacial score (nSPS) is 10.3. The highest BCUT2D eigenvalue weighted by atomic mass is 14.8. The van der Waals surface area contributed by atoms with Crippen molar-refractivity contribution in [1.82, 2.24) is 5.32 Å². The van der Waals surface area contributed by atoms with Gasteiger partial charge in [-0.1, -0.05) is 32.4 Å². The summed E-state index contributed by atoms with van der Waals surface area (Å²) in [5, 5.41) is 3.06. The number of allylic oxidation sites excluding steroid dienone is 1. The van der Waals surface area contributed by atoms with Crippen molar-refractivity contribution in [1.29, 1.82) is 0 Å². The van der Waals surface area contributed by atoms with Gasteiger partial charge in [0, 0.05) is 6.54 Å². The largest absolute Gasteiger partial charge is 0.316 e. The molecule has 0 fully saturated rings. The smallest absolute Gasteiger partial charge is 0.0134 e. The van der Waals surface area contributed by atoms with Crippen LogP contribution in [0.1, 0.15) is 34.1 Å². The first kappa shape index (κ1) is 12.4. The van der Waals surface area contributed by atoms with E-state index in [1.54, 1.807) is 0 Å². The highest BCUT2D eigenvalue weighted by Crippen LogP contribution is 1.94. The molecule has 0 saturated heterocycles. The molecule has 0 aromatic carbocycles. The van der Waals surface area contributed by atoms with Gasteiger partial charge in [0.2, 0.25) is 0 Å². The molecule has 0 unspecified atom stereocenters. The minimum atomic E-state index is 1.000. The molecule has 0 aromatic rings. The van der Waals surface area contributed by atoms with Crippen molar-refractivity contribution >= 4 is 0 Å². The van der Waals surface area contributed by atoms with Crippen molar-refractivity contribution in [2.24, 2.45) is 0 Å². The number of nitrogens with one attached hydrogen (secondary N) is 1. The molecule has 0 atom stereocenters. The summed E-state index contributed by atoms with van der Waals surface area (Å²) in [4.78, 5) is 0. The Hall–Kier alpha value is -0.300. The van der Waals surface area contributed by atoms with E-state index in [4.69, 9.17) is 0 Å². The van der Waals surface area contributed by atoms with Crippen LogP contribution in [0, 0.1) is 0 Å². The third kappa shape index (κ3) is 10.6. The summed E-state index contributed by atoms with van der Waals surface area (Å²) < 4.78 is 0. The van der Waals surface area contributed by atoms with E-state index in [-0.39, 0.29) is 0 Å². The second-order valence-electron chi connectivity index (χ2n) is 1.96. The lowest BCUT2D eigenvalue weighted by Crippen LogP contribution is -2.04. The van der Waals surface area contributed by atoms with E-state index in [1.807, 2.05) is 20.9 Å². The van der Waals surface area contributed by atoms with Crippen LogP contribution in [0.15, 0.2) is 11.6 Å². The van der Waals surface area contributed by atoms with Gasteiger partial charge in [0.25, 0.3) is 0 Å². The fourth-order valence-corrected chi connectivity index (χ4v) is 0.421. The zero-order valence-corrected chi connectivity index (χ0v) is 7.99. The molecule has 0 saturated carbocycles. The van der Waals surface area contributed by atoms with Crippen LogP contribution in [0.4, 0.5) is 0 Å². The molecular formula is C9H21N. The van der Waals surface area contributed by atoms with E-state index < -0.39 is 0 Å². The first-order valence-corrected chi connectivity index (χ1v) is 4.11. The molecule has 0 aliphatic heterocycles. The molecule has 10 heavy (non-hydrogen) atoms. The molecule has 0 amide bonds. The highest BCUT2D eigenvalue weighted by Gasteiger charge is 1.78. The summed E-state index contributed by atoms with van der Waals surface area (Å²) in [6.45, 7) is 9.32. The number of hydrogen-bond donors (Lipinski definition) is 1. The van der Waals surface area contributed by atoms with Gasteiger partial charge in [0.1, 0.15) is 0 Å². The van der Waals surface area contributed by atoms with Gasteiger partial charge in [-0.05, 0) is 20.4 Å². The Balaban J connectivity index is 0. The molecule has 0 aliphatic rings. The van der Waals surface area contributed by atoms with Crippen LogP contribution < -0.4 is 5.32 Å². The van der Waals surface area contributed by atoms with E-state index in [1.165, 1.54) is 12.0 Å². The second kappa shape index (κ2) is 11.5. The molecule has 0 spiro atoms. The standard InChI is InChI=1S/C7H15N.C2H6/c1-4-7(2)5-6-8-3;1-2/h5,8H,4,6H2,1-3H3;1-2H3/b7-5+;. The zero-order valence-electron chi connectivity index (χ0n) is 7.99. The Labute approximate surface area is 65.5 Å². The number of likely N-dealkylation sites (N-methyl/N-ethyl adjacent to an activating group) is 1. The summed E-state index contributed by atoms with van der Waals surface area (Å²) in [5.41, 5.74) is 1.46. The number of rotatable bonds is 3. The van der Waals surface area contributed by atoms with Crippen LogP contribution in [-0.2, 0) is 0 Å². The van der Waals surface area contributed by atoms with E-state index in [2.05, 4.69) is 25.2 Å². The van der Waals surface area contributed by atoms with E-state index in [9.17, 15) is 0 Å². The Morgan fingerprint density at radius 2 is 1.90 bits per heavy atom. The maximum atomic E-state index is 3.06. The van der Waals surface area contributed by atoms with Gasteiger partial charge in [-0.3, -0.25) is 0 Å². The lowest BCUT2D eigenvalue weighted by atomic mass is 10.2. The Kier molecular flexibility index (Phi) is 14.2. The Bertz CT molecular complexity index is 74.8. The average molecular weight is 143 g/mol. The maximum Gasteiger partial charge on any atom is 0.0134 e. The molecule has 1 nitrogen and oxygen atoms in total. The molecule has 1 heteroatoms. The van der Waals surface area contributed by atoms with Gasteiger partial charge in [-0.15, -0.1) is 0 Å². The van der Waals surface area contributed by atoms with Crippen LogP contribution in [0.5, 0.6) is 0 Å². The first-order valence-electron chi connectivity index (χ1n) is 4.11. The molecular weight excluding hydrogens is 122 g/mol. The molecule has 0 aromatic heterocycles. The highest BCUT2D eigenvalue weighted by molar-refractivity contribution is 4.97. The molecule has 0 radical (unpaired) electrons. The van der Waals surface area contributed by atoms with Gasteiger partial charge in [0.15, 0.2) is 0 Å². The zero-order chi connectivity index (χ0) is 8.41. The van der Waals surface area contributed by atoms with Crippen LogP contribution in [-0.4, -0.2) is 13.6 Å². The fourth-order valence-electron chi connectivity index (χ4n) is 0.421. The minimum Gasteiger partial charge on any atom is -0.316 e. The average Bonchev–Trinajstić information content (AvgIpc) is 2.04. The quantitative estimate of drug-likeness (QED) is 0.599. The maximum absolute atomic E-state index is 3.06. The summed E-state index contributed by atoms with van der Waals surface area (Å²) >= 11 is 0. The summed E-state index contributed by atoms with van der Waals surface area (Å²) in [7, 11) is 1.96. The van der Waals surface area contributed by atoms with Crippen LogP contribution in [0.3, 0.4) is 0 Å².